The summed E-state index contributed by atoms with van der Waals surface area (Å²) < 4.78 is 5.99. The largest absolute Gasteiger partial charge is 0.456 e. The quantitative estimate of drug-likeness (QED) is 0.717. The van der Waals surface area contributed by atoms with E-state index in [9.17, 15) is 0 Å². The molecule has 0 saturated carbocycles. The van der Waals surface area contributed by atoms with Crippen molar-refractivity contribution in [2.75, 3.05) is 0 Å². The Bertz CT molecular complexity index is 675. The van der Waals surface area contributed by atoms with Crippen LogP contribution in [-0.2, 0) is 0 Å². The summed E-state index contributed by atoms with van der Waals surface area (Å²) in [5.41, 5.74) is 4.49. The van der Waals surface area contributed by atoms with Crippen LogP contribution in [0, 0.1) is 0 Å². The molecule has 0 radical (unpaired) electrons. The molecule has 0 aliphatic carbocycles. The average molecular weight is 262 g/mol. The summed E-state index contributed by atoms with van der Waals surface area (Å²) in [6, 6.07) is 16.6. The van der Waals surface area contributed by atoms with E-state index < -0.39 is 0 Å². The Kier molecular flexibility index (Phi) is 3.19. The molecular weight excluding hydrogens is 244 g/mol. The zero-order valence-electron chi connectivity index (χ0n) is 11.9. The van der Waals surface area contributed by atoms with E-state index in [2.05, 4.69) is 44.7 Å². The number of benzene rings is 2. The number of hydrogen-bond acceptors (Lipinski definition) is 1. The van der Waals surface area contributed by atoms with E-state index in [1.54, 1.807) is 0 Å². The summed E-state index contributed by atoms with van der Waals surface area (Å²) in [7, 11) is 0. The van der Waals surface area contributed by atoms with E-state index in [0.717, 1.165) is 28.2 Å². The normalized spacial score (nSPS) is 13.8. The molecule has 0 unspecified atom stereocenters. The number of hydrogen-bond donors (Lipinski definition) is 0. The van der Waals surface area contributed by atoms with Crippen LogP contribution in [0.15, 0.2) is 61.2 Å². The molecule has 3 rings (SSSR count). The lowest BCUT2D eigenvalue weighted by atomic mass is 9.98. The fourth-order valence-electron chi connectivity index (χ4n) is 2.38. The van der Waals surface area contributed by atoms with Gasteiger partial charge in [-0.25, -0.2) is 0 Å². The van der Waals surface area contributed by atoms with Gasteiger partial charge in [0.2, 0.25) is 0 Å². The van der Waals surface area contributed by atoms with Crippen LogP contribution in [0.5, 0.6) is 5.75 Å². The Morgan fingerprint density at radius 1 is 0.950 bits per heavy atom. The average Bonchev–Trinajstić information content (AvgIpc) is 2.47. The van der Waals surface area contributed by atoms with Gasteiger partial charge in [-0.05, 0) is 29.2 Å². The van der Waals surface area contributed by atoms with Crippen molar-refractivity contribution >= 4 is 11.3 Å². The molecular formula is C19H18O. The summed E-state index contributed by atoms with van der Waals surface area (Å²) >= 11 is 0. The van der Waals surface area contributed by atoms with Gasteiger partial charge in [0.15, 0.2) is 0 Å². The molecule has 0 N–H and O–H groups in total. The summed E-state index contributed by atoms with van der Waals surface area (Å²) in [4.78, 5) is 0. The van der Waals surface area contributed by atoms with Gasteiger partial charge in [0.1, 0.15) is 11.5 Å². The van der Waals surface area contributed by atoms with Crippen LogP contribution >= 0.6 is 0 Å². The lowest BCUT2D eigenvalue weighted by molar-refractivity contribution is 0.509. The van der Waals surface area contributed by atoms with Gasteiger partial charge in [-0.2, -0.15) is 0 Å². The lowest BCUT2D eigenvalue weighted by Crippen LogP contribution is -2.03. The fourth-order valence-corrected chi connectivity index (χ4v) is 2.38. The van der Waals surface area contributed by atoms with Crippen LogP contribution in [0.2, 0.25) is 0 Å². The van der Waals surface area contributed by atoms with Gasteiger partial charge in [-0.1, -0.05) is 62.9 Å². The predicted octanol–water partition coefficient (Wildman–Crippen LogP) is 5.26. The smallest absolute Gasteiger partial charge is 0.135 e. The molecule has 0 bridgehead atoms. The van der Waals surface area contributed by atoms with Gasteiger partial charge in [-0.3, -0.25) is 0 Å². The first-order valence-corrected chi connectivity index (χ1v) is 6.93. The highest BCUT2D eigenvalue weighted by molar-refractivity contribution is 5.86. The molecule has 20 heavy (non-hydrogen) atoms. The minimum absolute atomic E-state index is 0.543. The number of allylic oxidation sites excluding steroid dienone is 2. The van der Waals surface area contributed by atoms with Crippen molar-refractivity contribution in [3.63, 3.8) is 0 Å². The summed E-state index contributed by atoms with van der Waals surface area (Å²) in [5.74, 6) is 2.29. The van der Waals surface area contributed by atoms with Crippen LogP contribution in [0.1, 0.15) is 36.5 Å². The van der Waals surface area contributed by atoms with Crippen molar-refractivity contribution in [3.05, 3.63) is 77.9 Å². The number of para-hydroxylation sites is 1. The van der Waals surface area contributed by atoms with Gasteiger partial charge >= 0.3 is 0 Å². The van der Waals surface area contributed by atoms with Crippen molar-refractivity contribution < 1.29 is 4.74 Å². The molecule has 1 heteroatoms. The Labute approximate surface area is 120 Å². The fraction of sp³-hybridized carbons (Fsp3) is 0.158. The monoisotopic (exact) mass is 262 g/mol. The number of ether oxygens (including phenoxy) is 1. The van der Waals surface area contributed by atoms with Crippen molar-refractivity contribution in [2.24, 2.45) is 0 Å². The summed E-state index contributed by atoms with van der Waals surface area (Å²) in [6.45, 7) is 8.52. The second-order valence-electron chi connectivity index (χ2n) is 5.41. The van der Waals surface area contributed by atoms with E-state index in [4.69, 9.17) is 4.74 Å². The molecule has 100 valence electrons. The topological polar surface area (TPSA) is 9.23 Å². The van der Waals surface area contributed by atoms with Crippen LogP contribution in [0.3, 0.4) is 0 Å². The van der Waals surface area contributed by atoms with Gasteiger partial charge in [0.25, 0.3) is 0 Å². The second kappa shape index (κ2) is 5.01. The molecule has 1 heterocycles. The van der Waals surface area contributed by atoms with E-state index in [1.807, 2.05) is 30.3 Å². The minimum atomic E-state index is 0.543. The van der Waals surface area contributed by atoms with Crippen LogP contribution in [-0.4, -0.2) is 0 Å². The van der Waals surface area contributed by atoms with Crippen LogP contribution < -0.4 is 4.74 Å². The third kappa shape index (κ3) is 2.27. The second-order valence-corrected chi connectivity index (χ2v) is 5.41. The molecule has 2 aromatic rings. The van der Waals surface area contributed by atoms with Gasteiger partial charge in [0.05, 0.1) is 0 Å². The first-order chi connectivity index (χ1) is 9.65. The molecule has 0 fully saturated rings. The number of rotatable bonds is 2. The lowest BCUT2D eigenvalue weighted by Gasteiger charge is -2.20. The summed E-state index contributed by atoms with van der Waals surface area (Å²) in [5, 5.41) is 0. The zero-order valence-corrected chi connectivity index (χ0v) is 11.9. The van der Waals surface area contributed by atoms with E-state index in [0.29, 0.717) is 5.92 Å². The van der Waals surface area contributed by atoms with Crippen LogP contribution in [0.25, 0.3) is 11.3 Å². The third-order valence-electron chi connectivity index (χ3n) is 3.62. The third-order valence-corrected chi connectivity index (χ3v) is 3.62. The molecule has 2 aromatic carbocycles. The Hall–Kier alpha value is -2.28. The Balaban J connectivity index is 1.94. The van der Waals surface area contributed by atoms with Crippen LogP contribution in [0.4, 0.5) is 0 Å². The zero-order chi connectivity index (χ0) is 14.1. The number of fused-ring (bicyclic) bond motifs is 1. The van der Waals surface area contributed by atoms with E-state index in [1.165, 1.54) is 5.56 Å². The highest BCUT2D eigenvalue weighted by atomic mass is 16.5. The predicted molar refractivity (Wildman–Crippen MR) is 84.6 cm³/mol. The molecule has 0 saturated heterocycles. The van der Waals surface area contributed by atoms with Gasteiger partial charge < -0.3 is 4.74 Å². The first-order valence-electron chi connectivity index (χ1n) is 6.93. The first kappa shape index (κ1) is 12.7. The molecule has 0 atom stereocenters. The molecule has 1 nitrogen and oxygen atoms in total. The molecule has 1 aliphatic rings. The maximum Gasteiger partial charge on any atom is 0.135 e. The standard InChI is InChI=1S/C19H18O/c1-13(2)15-8-10-16(11-9-15)19-12-14(3)17-6-4-5-7-18(17)20-19/h4-13H,3H2,1-2H3. The molecule has 0 spiro atoms. The Morgan fingerprint density at radius 2 is 1.65 bits per heavy atom. The Morgan fingerprint density at radius 3 is 2.35 bits per heavy atom. The van der Waals surface area contributed by atoms with Crippen molar-refractivity contribution in [3.8, 4) is 5.75 Å². The van der Waals surface area contributed by atoms with Crippen molar-refractivity contribution in [1.82, 2.24) is 0 Å². The van der Waals surface area contributed by atoms with Gasteiger partial charge in [0, 0.05) is 11.1 Å². The maximum atomic E-state index is 5.99. The molecule has 1 aliphatic heterocycles. The van der Waals surface area contributed by atoms with E-state index in [-0.39, 0.29) is 0 Å². The maximum absolute atomic E-state index is 5.99. The highest BCUT2D eigenvalue weighted by Crippen LogP contribution is 2.35. The molecule has 0 amide bonds. The highest BCUT2D eigenvalue weighted by Gasteiger charge is 2.16. The minimum Gasteiger partial charge on any atom is -0.456 e. The van der Waals surface area contributed by atoms with Crippen molar-refractivity contribution in [2.45, 2.75) is 19.8 Å². The van der Waals surface area contributed by atoms with E-state index >= 15 is 0 Å². The van der Waals surface area contributed by atoms with Gasteiger partial charge in [-0.15, -0.1) is 0 Å². The summed E-state index contributed by atoms with van der Waals surface area (Å²) in [6.07, 6.45) is 2.01. The molecule has 0 aromatic heterocycles. The SMILES string of the molecule is C=C1C=C(c2ccc(C(C)C)cc2)Oc2ccccc21. The van der Waals surface area contributed by atoms with Crippen molar-refractivity contribution in [1.29, 1.82) is 0 Å².